The van der Waals surface area contributed by atoms with Gasteiger partial charge in [0, 0.05) is 12.7 Å². The van der Waals surface area contributed by atoms with Gasteiger partial charge in [0.1, 0.15) is 0 Å². The van der Waals surface area contributed by atoms with Gasteiger partial charge in [0.2, 0.25) is 0 Å². The van der Waals surface area contributed by atoms with Gasteiger partial charge in [-0.05, 0) is 42.7 Å². The van der Waals surface area contributed by atoms with Crippen molar-refractivity contribution in [3.05, 3.63) is 53.6 Å². The van der Waals surface area contributed by atoms with Crippen molar-refractivity contribution in [3.8, 4) is 0 Å². The van der Waals surface area contributed by atoms with Gasteiger partial charge in [-0.25, -0.2) is 8.42 Å². The van der Waals surface area contributed by atoms with Crippen molar-refractivity contribution < 1.29 is 8.42 Å². The molecular weight excluding hydrogens is 284 g/mol. The van der Waals surface area contributed by atoms with Crippen molar-refractivity contribution in [1.29, 1.82) is 0 Å². The molecule has 21 heavy (non-hydrogen) atoms. The summed E-state index contributed by atoms with van der Waals surface area (Å²) >= 11 is 0. The summed E-state index contributed by atoms with van der Waals surface area (Å²) in [5.74, 6) is 0. The van der Waals surface area contributed by atoms with Crippen LogP contribution in [0, 0.1) is 6.92 Å². The summed E-state index contributed by atoms with van der Waals surface area (Å²) in [6, 6.07) is 12.3. The van der Waals surface area contributed by atoms with Gasteiger partial charge >= 0.3 is 0 Å². The number of hydrogen-bond acceptors (Lipinski definition) is 3. The first-order valence-electron chi connectivity index (χ1n) is 6.81. The summed E-state index contributed by atoms with van der Waals surface area (Å²) in [7, 11) is -2.05. The normalized spacial score (nSPS) is 11.4. The smallest absolute Gasteiger partial charge is 0.264 e. The highest BCUT2D eigenvalue weighted by molar-refractivity contribution is 7.92. The van der Waals surface area contributed by atoms with Crippen molar-refractivity contribution >= 4 is 21.4 Å². The highest BCUT2D eigenvalue weighted by atomic mass is 32.2. The van der Waals surface area contributed by atoms with Crippen LogP contribution in [0.3, 0.4) is 0 Å². The maximum atomic E-state index is 12.7. The highest BCUT2D eigenvalue weighted by Gasteiger charge is 2.22. The number of anilines is 2. The molecule has 0 spiro atoms. The first-order valence-corrected chi connectivity index (χ1v) is 8.25. The summed E-state index contributed by atoms with van der Waals surface area (Å²) in [5, 5.41) is 0. The van der Waals surface area contributed by atoms with E-state index in [9.17, 15) is 8.42 Å². The minimum atomic E-state index is -3.61. The van der Waals surface area contributed by atoms with E-state index >= 15 is 0 Å². The summed E-state index contributed by atoms with van der Waals surface area (Å²) in [6.45, 7) is 3.87. The van der Waals surface area contributed by atoms with Gasteiger partial charge in [0.15, 0.2) is 0 Å². The summed E-state index contributed by atoms with van der Waals surface area (Å²) < 4.78 is 26.7. The zero-order valence-corrected chi connectivity index (χ0v) is 13.3. The Morgan fingerprint density at radius 1 is 1.14 bits per heavy atom. The van der Waals surface area contributed by atoms with Gasteiger partial charge < -0.3 is 5.73 Å². The highest BCUT2D eigenvalue weighted by Crippen LogP contribution is 2.26. The van der Waals surface area contributed by atoms with Crippen LogP contribution in [0.25, 0.3) is 0 Å². The van der Waals surface area contributed by atoms with Crippen LogP contribution in [0.5, 0.6) is 0 Å². The van der Waals surface area contributed by atoms with Crippen LogP contribution in [0.2, 0.25) is 0 Å². The van der Waals surface area contributed by atoms with E-state index in [0.717, 1.165) is 17.5 Å². The second kappa shape index (κ2) is 5.77. The molecule has 5 heteroatoms. The number of aryl methyl sites for hydroxylation is 2. The van der Waals surface area contributed by atoms with Gasteiger partial charge in [-0.2, -0.15) is 0 Å². The van der Waals surface area contributed by atoms with Crippen molar-refractivity contribution in [3.63, 3.8) is 0 Å². The maximum absolute atomic E-state index is 12.7. The van der Waals surface area contributed by atoms with E-state index in [0.29, 0.717) is 11.4 Å². The van der Waals surface area contributed by atoms with Gasteiger partial charge in [0.05, 0.1) is 10.6 Å². The zero-order chi connectivity index (χ0) is 15.6. The van der Waals surface area contributed by atoms with Crippen LogP contribution >= 0.6 is 0 Å². The van der Waals surface area contributed by atoms with Gasteiger partial charge in [0.25, 0.3) is 10.0 Å². The molecule has 0 saturated heterocycles. The number of nitrogens with zero attached hydrogens (tertiary/aromatic N) is 1. The largest absolute Gasteiger partial charge is 0.398 e. The molecule has 0 aliphatic rings. The number of nitrogen functional groups attached to an aromatic ring is 1. The topological polar surface area (TPSA) is 63.4 Å². The third-order valence-electron chi connectivity index (χ3n) is 3.61. The standard InChI is InChI=1S/C16H20N2O2S/c1-4-13-9-10-14(11-15(13)17)21(19,20)18(3)16-8-6-5-7-12(16)2/h5-11H,4,17H2,1-3H3. The third kappa shape index (κ3) is 2.88. The monoisotopic (exact) mass is 304 g/mol. The molecule has 0 aromatic heterocycles. The summed E-state index contributed by atoms with van der Waals surface area (Å²) in [6.07, 6.45) is 0.778. The molecule has 0 bridgehead atoms. The molecule has 112 valence electrons. The van der Waals surface area contributed by atoms with E-state index in [-0.39, 0.29) is 4.90 Å². The Labute approximate surface area is 126 Å². The van der Waals surface area contributed by atoms with Crippen molar-refractivity contribution in [2.75, 3.05) is 17.1 Å². The molecule has 0 aliphatic carbocycles. The van der Waals surface area contributed by atoms with E-state index in [1.54, 1.807) is 25.2 Å². The molecule has 2 aromatic carbocycles. The van der Waals surface area contributed by atoms with E-state index in [1.165, 1.54) is 10.4 Å². The Balaban J connectivity index is 2.47. The lowest BCUT2D eigenvalue weighted by atomic mass is 10.1. The van der Waals surface area contributed by atoms with Crippen molar-refractivity contribution in [1.82, 2.24) is 0 Å². The Kier molecular flexibility index (Phi) is 4.23. The molecule has 0 atom stereocenters. The number of hydrogen-bond donors (Lipinski definition) is 1. The first-order chi connectivity index (χ1) is 9.87. The van der Waals surface area contributed by atoms with Crippen LogP contribution in [0.1, 0.15) is 18.1 Å². The number of para-hydroxylation sites is 1. The fourth-order valence-electron chi connectivity index (χ4n) is 2.26. The van der Waals surface area contributed by atoms with Crippen LogP contribution in [-0.4, -0.2) is 15.5 Å². The van der Waals surface area contributed by atoms with Crippen LogP contribution in [0.4, 0.5) is 11.4 Å². The Bertz CT molecular complexity index is 755. The average Bonchev–Trinajstić information content (AvgIpc) is 2.47. The Hall–Kier alpha value is -2.01. The average molecular weight is 304 g/mol. The third-order valence-corrected chi connectivity index (χ3v) is 5.38. The Morgan fingerprint density at radius 3 is 2.38 bits per heavy atom. The number of nitrogens with two attached hydrogens (primary N) is 1. The first kappa shape index (κ1) is 15.4. The number of sulfonamides is 1. The minimum Gasteiger partial charge on any atom is -0.398 e. The molecule has 4 nitrogen and oxygen atoms in total. The molecule has 2 aromatic rings. The molecule has 2 N–H and O–H groups in total. The summed E-state index contributed by atoms with van der Waals surface area (Å²) in [4.78, 5) is 0.211. The molecule has 0 unspecified atom stereocenters. The lowest BCUT2D eigenvalue weighted by molar-refractivity contribution is 0.594. The fraction of sp³-hybridized carbons (Fsp3) is 0.250. The lowest BCUT2D eigenvalue weighted by Crippen LogP contribution is -2.27. The molecule has 0 saturated carbocycles. The SMILES string of the molecule is CCc1ccc(S(=O)(=O)N(C)c2ccccc2C)cc1N. The zero-order valence-electron chi connectivity index (χ0n) is 12.5. The minimum absolute atomic E-state index is 0.211. The van der Waals surface area contributed by atoms with Crippen molar-refractivity contribution in [2.24, 2.45) is 0 Å². The number of benzene rings is 2. The predicted octanol–water partition coefficient (Wildman–Crippen LogP) is 2.96. The van der Waals surface area contributed by atoms with Crippen LogP contribution in [-0.2, 0) is 16.4 Å². The molecular formula is C16H20N2O2S. The van der Waals surface area contributed by atoms with E-state index in [2.05, 4.69) is 0 Å². The molecule has 0 aliphatic heterocycles. The van der Waals surface area contributed by atoms with Gasteiger partial charge in [-0.1, -0.05) is 31.2 Å². The predicted molar refractivity (Wildman–Crippen MR) is 87.0 cm³/mol. The second-order valence-corrected chi connectivity index (χ2v) is 6.94. The molecule has 0 fully saturated rings. The lowest BCUT2D eigenvalue weighted by Gasteiger charge is -2.21. The Morgan fingerprint density at radius 2 is 1.81 bits per heavy atom. The van der Waals surface area contributed by atoms with Gasteiger partial charge in [-0.3, -0.25) is 4.31 Å². The second-order valence-electron chi connectivity index (χ2n) is 4.97. The van der Waals surface area contributed by atoms with Crippen LogP contribution in [0.15, 0.2) is 47.4 Å². The summed E-state index contributed by atoms with van der Waals surface area (Å²) in [5.41, 5.74) is 8.94. The van der Waals surface area contributed by atoms with Crippen molar-refractivity contribution in [2.45, 2.75) is 25.2 Å². The molecule has 0 heterocycles. The van der Waals surface area contributed by atoms with E-state index < -0.39 is 10.0 Å². The quantitative estimate of drug-likeness (QED) is 0.883. The molecule has 0 radical (unpaired) electrons. The maximum Gasteiger partial charge on any atom is 0.264 e. The molecule has 0 amide bonds. The fourth-order valence-corrected chi connectivity index (χ4v) is 3.56. The number of rotatable bonds is 4. The molecule has 2 rings (SSSR count). The van der Waals surface area contributed by atoms with Crippen LogP contribution < -0.4 is 10.0 Å². The van der Waals surface area contributed by atoms with Gasteiger partial charge in [-0.15, -0.1) is 0 Å². The van der Waals surface area contributed by atoms with E-state index in [1.807, 2.05) is 32.0 Å². The van der Waals surface area contributed by atoms with E-state index in [4.69, 9.17) is 5.73 Å².